The minimum absolute atomic E-state index is 0.0638. The maximum atomic E-state index is 12.5. The molecule has 0 unspecified atom stereocenters. The van der Waals surface area contributed by atoms with Crippen molar-refractivity contribution in [1.29, 1.82) is 0 Å². The van der Waals surface area contributed by atoms with E-state index in [-0.39, 0.29) is 22.9 Å². The molecule has 0 saturated carbocycles. The molecule has 3 aromatic rings. The molecular weight excluding hydrogens is 394 g/mol. The van der Waals surface area contributed by atoms with Gasteiger partial charge in [-0.1, -0.05) is 18.2 Å². The van der Waals surface area contributed by atoms with Crippen LogP contribution in [-0.2, 0) is 9.53 Å². The Kier molecular flexibility index (Phi) is 5.88. The van der Waals surface area contributed by atoms with Crippen molar-refractivity contribution in [3.63, 3.8) is 0 Å². The minimum Gasteiger partial charge on any atom is -0.452 e. The van der Waals surface area contributed by atoms with Crippen LogP contribution in [0.25, 0.3) is 10.2 Å². The Morgan fingerprint density at radius 1 is 1.24 bits per heavy atom. The summed E-state index contributed by atoms with van der Waals surface area (Å²) in [7, 11) is 1.62. The number of nitro groups is 1. The van der Waals surface area contributed by atoms with Crippen LogP contribution in [0.4, 0.5) is 5.69 Å². The highest BCUT2D eigenvalue weighted by atomic mass is 32.1. The third-order valence-electron chi connectivity index (χ3n) is 4.69. The number of likely N-dealkylation sites (N-methyl/N-ethyl adjacent to an activating group) is 1. The zero-order valence-electron chi connectivity index (χ0n) is 16.1. The van der Waals surface area contributed by atoms with Gasteiger partial charge in [-0.15, -0.1) is 11.3 Å². The van der Waals surface area contributed by atoms with Gasteiger partial charge in [0.1, 0.15) is 5.01 Å². The fourth-order valence-corrected chi connectivity index (χ4v) is 3.86. The Morgan fingerprint density at radius 2 is 1.97 bits per heavy atom. The smallest absolute Gasteiger partial charge is 0.339 e. The van der Waals surface area contributed by atoms with Gasteiger partial charge in [-0.05, 0) is 32.0 Å². The quantitative estimate of drug-likeness (QED) is 0.345. The van der Waals surface area contributed by atoms with Crippen molar-refractivity contribution in [2.75, 3.05) is 13.7 Å². The first-order valence-corrected chi connectivity index (χ1v) is 9.63. The summed E-state index contributed by atoms with van der Waals surface area (Å²) in [5, 5.41) is 11.8. The van der Waals surface area contributed by atoms with Crippen LogP contribution in [-0.4, -0.2) is 40.3 Å². The molecule has 0 aliphatic rings. The van der Waals surface area contributed by atoms with Gasteiger partial charge in [0.25, 0.3) is 11.6 Å². The van der Waals surface area contributed by atoms with Gasteiger partial charge < -0.3 is 9.64 Å². The van der Waals surface area contributed by atoms with Crippen molar-refractivity contribution in [1.82, 2.24) is 9.88 Å². The van der Waals surface area contributed by atoms with E-state index in [1.807, 2.05) is 31.2 Å². The zero-order chi connectivity index (χ0) is 21.1. The molecule has 1 aromatic heterocycles. The average molecular weight is 413 g/mol. The van der Waals surface area contributed by atoms with Crippen LogP contribution in [0, 0.1) is 17.0 Å². The standard InChI is InChI=1S/C20H19N3O5S/c1-12-14(7-6-9-16(12)23(26)27)20(25)28-11-18(24)22(3)13(2)19-21-15-8-4-5-10-17(15)29-19/h4-10,13H,11H2,1-3H3/t13-/m0/s1. The van der Waals surface area contributed by atoms with E-state index in [0.717, 1.165) is 15.2 Å². The van der Waals surface area contributed by atoms with Gasteiger partial charge in [0.05, 0.1) is 26.7 Å². The molecule has 0 bridgehead atoms. The lowest BCUT2D eigenvalue weighted by Gasteiger charge is -2.23. The van der Waals surface area contributed by atoms with E-state index in [1.54, 1.807) is 7.05 Å². The van der Waals surface area contributed by atoms with Crippen molar-refractivity contribution in [2.45, 2.75) is 19.9 Å². The predicted molar refractivity (Wildman–Crippen MR) is 109 cm³/mol. The predicted octanol–water partition coefficient (Wildman–Crippen LogP) is 3.89. The van der Waals surface area contributed by atoms with Gasteiger partial charge in [0.2, 0.25) is 0 Å². The van der Waals surface area contributed by atoms with E-state index in [2.05, 4.69) is 4.98 Å². The summed E-state index contributed by atoms with van der Waals surface area (Å²) in [5.41, 5.74) is 0.958. The lowest BCUT2D eigenvalue weighted by atomic mass is 10.1. The molecule has 0 N–H and O–H groups in total. The molecule has 2 aromatic carbocycles. The Bertz CT molecular complexity index is 1060. The van der Waals surface area contributed by atoms with Crippen molar-refractivity contribution in [3.8, 4) is 0 Å². The number of thiazole rings is 1. The molecule has 0 aliphatic carbocycles. The fraction of sp³-hybridized carbons (Fsp3) is 0.250. The summed E-state index contributed by atoms with van der Waals surface area (Å²) >= 11 is 1.50. The number of ether oxygens (including phenoxy) is 1. The maximum absolute atomic E-state index is 12.5. The number of carbonyl (C=O) groups is 2. The average Bonchev–Trinajstić information content (AvgIpc) is 3.14. The van der Waals surface area contributed by atoms with Crippen molar-refractivity contribution >= 4 is 39.1 Å². The number of rotatable bonds is 6. The zero-order valence-corrected chi connectivity index (χ0v) is 16.9. The van der Waals surface area contributed by atoms with Crippen LogP contribution in [0.3, 0.4) is 0 Å². The number of nitro benzene ring substituents is 1. The molecule has 1 atom stereocenters. The summed E-state index contributed by atoms with van der Waals surface area (Å²) in [5.74, 6) is -1.17. The molecule has 1 amide bonds. The first kappa shape index (κ1) is 20.4. The summed E-state index contributed by atoms with van der Waals surface area (Å²) in [6.45, 7) is 2.85. The Labute approximate surface area is 170 Å². The molecular formula is C20H19N3O5S. The van der Waals surface area contributed by atoms with Crippen LogP contribution in [0.5, 0.6) is 0 Å². The van der Waals surface area contributed by atoms with Crippen LogP contribution >= 0.6 is 11.3 Å². The highest BCUT2D eigenvalue weighted by Gasteiger charge is 2.23. The van der Waals surface area contributed by atoms with E-state index in [9.17, 15) is 19.7 Å². The third kappa shape index (κ3) is 4.24. The first-order chi connectivity index (χ1) is 13.8. The molecule has 0 radical (unpaired) electrons. The number of nitrogens with zero attached hydrogens (tertiary/aromatic N) is 3. The summed E-state index contributed by atoms with van der Waals surface area (Å²) < 4.78 is 6.13. The molecule has 0 aliphatic heterocycles. The van der Waals surface area contributed by atoms with Gasteiger partial charge in [-0.25, -0.2) is 9.78 Å². The van der Waals surface area contributed by atoms with E-state index >= 15 is 0 Å². The van der Waals surface area contributed by atoms with Crippen LogP contribution in [0.15, 0.2) is 42.5 Å². The summed E-state index contributed by atoms with van der Waals surface area (Å²) in [4.78, 5) is 41.2. The normalized spacial score (nSPS) is 11.8. The number of para-hydroxylation sites is 1. The van der Waals surface area contributed by atoms with Crippen LogP contribution in [0.2, 0.25) is 0 Å². The first-order valence-electron chi connectivity index (χ1n) is 8.82. The minimum atomic E-state index is -0.777. The molecule has 9 heteroatoms. The van der Waals surface area contributed by atoms with Crippen molar-refractivity contribution in [2.24, 2.45) is 0 Å². The molecule has 0 spiro atoms. The van der Waals surface area contributed by atoms with E-state index < -0.39 is 23.4 Å². The molecule has 150 valence electrons. The van der Waals surface area contributed by atoms with Crippen molar-refractivity contribution < 1.29 is 19.2 Å². The largest absolute Gasteiger partial charge is 0.452 e. The second-order valence-corrected chi connectivity index (χ2v) is 7.55. The number of aromatic nitrogens is 1. The number of benzene rings is 2. The van der Waals surface area contributed by atoms with Gasteiger partial charge in [0.15, 0.2) is 6.61 Å². The number of fused-ring (bicyclic) bond motifs is 1. The lowest BCUT2D eigenvalue weighted by Crippen LogP contribution is -2.33. The fourth-order valence-electron chi connectivity index (χ4n) is 2.80. The highest BCUT2D eigenvalue weighted by Crippen LogP contribution is 2.29. The Hall–Kier alpha value is -3.33. The number of hydrogen-bond donors (Lipinski definition) is 0. The maximum Gasteiger partial charge on any atom is 0.339 e. The second-order valence-electron chi connectivity index (χ2n) is 6.48. The van der Waals surface area contributed by atoms with Gasteiger partial charge >= 0.3 is 5.97 Å². The van der Waals surface area contributed by atoms with E-state index in [0.29, 0.717) is 0 Å². The van der Waals surface area contributed by atoms with Gasteiger partial charge in [-0.3, -0.25) is 14.9 Å². The number of esters is 1. The molecule has 3 rings (SSSR count). The molecule has 8 nitrogen and oxygen atoms in total. The summed E-state index contributed by atoms with van der Waals surface area (Å²) in [6, 6.07) is 11.6. The van der Waals surface area contributed by atoms with Gasteiger partial charge in [0, 0.05) is 18.7 Å². The SMILES string of the molecule is Cc1c(C(=O)OCC(=O)N(C)[C@@H](C)c2nc3ccccc3s2)cccc1[N+](=O)[O-]. The molecule has 1 heterocycles. The second kappa shape index (κ2) is 8.36. The topological polar surface area (TPSA) is 103 Å². The number of carbonyl (C=O) groups excluding carboxylic acids is 2. The monoisotopic (exact) mass is 413 g/mol. The Balaban J connectivity index is 1.66. The van der Waals surface area contributed by atoms with Crippen LogP contribution in [0.1, 0.15) is 33.9 Å². The third-order valence-corrected chi connectivity index (χ3v) is 5.90. The van der Waals surface area contributed by atoms with Gasteiger partial charge in [-0.2, -0.15) is 0 Å². The van der Waals surface area contributed by atoms with Crippen molar-refractivity contribution in [3.05, 3.63) is 68.7 Å². The lowest BCUT2D eigenvalue weighted by molar-refractivity contribution is -0.385. The Morgan fingerprint density at radius 3 is 2.66 bits per heavy atom. The highest BCUT2D eigenvalue weighted by molar-refractivity contribution is 7.18. The van der Waals surface area contributed by atoms with Crippen LogP contribution < -0.4 is 0 Å². The molecule has 0 fully saturated rings. The number of hydrogen-bond acceptors (Lipinski definition) is 7. The van der Waals surface area contributed by atoms with E-state index in [1.165, 1.54) is 41.4 Å². The molecule has 29 heavy (non-hydrogen) atoms. The summed E-state index contributed by atoms with van der Waals surface area (Å²) in [6.07, 6.45) is 0. The molecule has 0 saturated heterocycles. The number of amides is 1. The van der Waals surface area contributed by atoms with E-state index in [4.69, 9.17) is 4.74 Å².